The zero-order valence-electron chi connectivity index (χ0n) is 57.9. The van der Waals surface area contributed by atoms with Crippen LogP contribution in [0.2, 0.25) is 0 Å². The number of carbonyl (C=O) groups is 5. The first kappa shape index (κ1) is 72.0. The Morgan fingerprint density at radius 1 is 0.784 bits per heavy atom. The number of urea groups is 1. The highest BCUT2D eigenvalue weighted by atomic mass is 32.2. The van der Waals surface area contributed by atoms with Crippen molar-refractivity contribution < 1.29 is 58.6 Å². The summed E-state index contributed by atoms with van der Waals surface area (Å²) in [5, 5.41) is 48.8. The van der Waals surface area contributed by atoms with Gasteiger partial charge in [-0.2, -0.15) is 0 Å². The van der Waals surface area contributed by atoms with Crippen LogP contribution in [-0.4, -0.2) is 157 Å². The van der Waals surface area contributed by atoms with Gasteiger partial charge >= 0.3 is 12.0 Å². The molecule has 14 rings (SSSR count). The fourth-order valence-electron chi connectivity index (χ4n) is 15.6. The lowest BCUT2D eigenvalue weighted by Gasteiger charge is -2.62. The number of hydrogen-bond donors (Lipinski definition) is 6. The number of carboxylic acids is 1. The standard InChI is InChI=1S/C20H23NO4.C17H20N2S.C16H25NO2.C14H14O3.C11H16N2O3/c22-13-4-3-12-9-15-20(24)6-5-14(23)18-19(20,16(12)17(13)25-18)7-8-21(15)10-11-1-2-11;1-13(18(2)3)12-19-14-8-4-6-10-16(14)20-17-11-7-5-9-15(17)19;1-17(2)12-14-7-4-5-10-16(14,18)13-8-6-9-15(11-13)19-3;1-9(14(15)16)10-3-4-12-8-13(17-2)6-5-11(12)7-10;1-4-5-11(6-7(2)3)8(14)12-10(16)13-9(11)15/h3-4,11,15,18,22,24H,1-2,5-10H2;4-11,13H,12H2,1-3H3;6,8-9,11,14,18H,4-5,7,10,12H2,1-3H3;3-9H,1-2H3,(H,15,16);4,7H,1,5-6H2,2-3H3,(H2,12,13,14,15,16)/t15-,18+,19+,20-;;14-,16+;9-;/m1.10./s1. The van der Waals surface area contributed by atoms with Gasteiger partial charge in [0.1, 0.15) is 16.9 Å². The Morgan fingerprint density at radius 2 is 1.43 bits per heavy atom. The smallest absolute Gasteiger partial charge is 0.328 e. The van der Waals surface area contributed by atoms with Gasteiger partial charge in [0.05, 0.1) is 48.1 Å². The summed E-state index contributed by atoms with van der Waals surface area (Å²) in [6.45, 7) is 15.2. The van der Waals surface area contributed by atoms with Crippen LogP contribution in [0.15, 0.2) is 144 Å². The van der Waals surface area contributed by atoms with Gasteiger partial charge in [-0.15, -0.1) is 6.58 Å². The van der Waals surface area contributed by atoms with Crippen LogP contribution in [0.25, 0.3) is 10.8 Å². The molecular weight excluding hydrogens is 1240 g/mol. The number of barbiturate groups is 1. The van der Waals surface area contributed by atoms with Crippen molar-refractivity contribution in [1.82, 2.24) is 25.3 Å². The van der Waals surface area contributed by atoms with Gasteiger partial charge in [0, 0.05) is 59.4 Å². The fraction of sp³-hybridized carbons (Fsp3) is 0.474. The van der Waals surface area contributed by atoms with Crippen LogP contribution < -0.4 is 29.7 Å². The second kappa shape index (κ2) is 30.1. The van der Waals surface area contributed by atoms with Gasteiger partial charge in [0.25, 0.3) is 0 Å². The molecule has 6 aromatic carbocycles. The number of ketones is 1. The van der Waals surface area contributed by atoms with E-state index < -0.39 is 57.9 Å². The van der Waals surface area contributed by atoms with E-state index in [1.54, 1.807) is 27.2 Å². The number of phenols is 1. The van der Waals surface area contributed by atoms with Crippen LogP contribution in [-0.2, 0) is 36.6 Å². The average Bonchev–Trinajstić information content (AvgIpc) is 1.56. The minimum atomic E-state index is -1.19. The second-order valence-electron chi connectivity index (χ2n) is 28.5. The van der Waals surface area contributed by atoms with E-state index in [1.165, 1.54) is 46.5 Å². The highest BCUT2D eigenvalue weighted by Gasteiger charge is 2.73. The maximum Gasteiger partial charge on any atom is 0.328 e. The van der Waals surface area contributed by atoms with Crippen LogP contribution in [0.3, 0.4) is 0 Å². The van der Waals surface area contributed by atoms with Gasteiger partial charge in [-0.3, -0.25) is 34.7 Å². The number of allylic oxidation sites excluding steroid dienone is 1. The number of hydrogen-bond acceptors (Lipinski definition) is 16. The number of nitrogens with zero attached hydrogens (tertiary/aromatic N) is 4. The zero-order valence-corrected chi connectivity index (χ0v) is 58.8. The van der Waals surface area contributed by atoms with Gasteiger partial charge in [-0.25, -0.2) is 4.79 Å². The number of imide groups is 2. The maximum atomic E-state index is 12.7. The predicted molar refractivity (Wildman–Crippen MR) is 379 cm³/mol. The quantitative estimate of drug-likeness (QED) is 0.0391. The normalized spacial score (nSPS) is 24.5. The minimum Gasteiger partial charge on any atom is -0.504 e. The number of piperidine rings is 1. The largest absolute Gasteiger partial charge is 0.504 e. The third kappa shape index (κ3) is 14.8. The average molecular weight is 1340 g/mol. The molecule has 0 radical (unpaired) electrons. The molecule has 97 heavy (non-hydrogen) atoms. The summed E-state index contributed by atoms with van der Waals surface area (Å²) in [7, 11) is 11.7. The first-order valence-electron chi connectivity index (χ1n) is 34.2. The number of aromatic hydroxyl groups is 1. The van der Waals surface area contributed by atoms with E-state index in [4.69, 9.17) is 19.3 Å². The number of carboxylic acid groups (broad SMARTS) is 1. The molecule has 8 atom stereocenters. The van der Waals surface area contributed by atoms with Crippen molar-refractivity contribution in [2.24, 2.45) is 23.2 Å². The van der Waals surface area contributed by atoms with Crippen LogP contribution >= 0.6 is 11.8 Å². The van der Waals surface area contributed by atoms with E-state index in [2.05, 4.69) is 120 Å². The topological polar surface area (TPSA) is 231 Å². The van der Waals surface area contributed by atoms with Crippen LogP contribution in [0, 0.1) is 23.2 Å². The summed E-state index contributed by atoms with van der Waals surface area (Å²) in [5.41, 5.74) is 3.01. The molecule has 4 heterocycles. The van der Waals surface area contributed by atoms with Crippen molar-refractivity contribution in [3.63, 3.8) is 0 Å². The second-order valence-corrected chi connectivity index (χ2v) is 29.6. The number of anilines is 2. The monoisotopic (exact) mass is 1340 g/mol. The van der Waals surface area contributed by atoms with Crippen LogP contribution in [0.4, 0.5) is 16.2 Å². The third-order valence-corrected chi connectivity index (χ3v) is 22.3. The van der Waals surface area contributed by atoms with Crippen molar-refractivity contribution in [3.8, 4) is 23.0 Å². The number of likely N-dealkylation sites (N-methyl/N-ethyl adjacent to an activating group) is 1. The molecule has 5 fully saturated rings. The number of amides is 4. The van der Waals surface area contributed by atoms with Crippen molar-refractivity contribution in [2.75, 3.05) is 73.5 Å². The van der Waals surface area contributed by atoms with Crippen molar-refractivity contribution >= 4 is 63.5 Å². The number of phenolic OH excluding ortho intramolecular Hbond substituents is 1. The minimum absolute atomic E-state index is 0.0454. The number of nitrogens with one attached hydrogen (secondary N) is 2. The summed E-state index contributed by atoms with van der Waals surface area (Å²) >= 11 is 1.87. The van der Waals surface area contributed by atoms with Crippen LogP contribution in [0.1, 0.15) is 126 Å². The molecule has 3 saturated carbocycles. The Balaban J connectivity index is 0.000000133. The van der Waals surface area contributed by atoms with E-state index in [1.807, 2.05) is 92.3 Å². The number of methoxy groups -OCH3 is 2. The molecule has 8 aliphatic rings. The number of aliphatic carboxylic acids is 1. The lowest BCUT2D eigenvalue weighted by Crippen LogP contribution is -2.76. The Morgan fingerprint density at radius 3 is 2.05 bits per heavy atom. The highest BCUT2D eigenvalue weighted by molar-refractivity contribution is 7.99. The van der Waals surface area contributed by atoms with E-state index >= 15 is 0 Å². The highest BCUT2D eigenvalue weighted by Crippen LogP contribution is 2.65. The fourth-order valence-corrected chi connectivity index (χ4v) is 16.7. The number of carbonyl (C=O) groups excluding carboxylic acids is 4. The summed E-state index contributed by atoms with van der Waals surface area (Å²) in [5.74, 6) is 1.12. The molecule has 6 aromatic rings. The third-order valence-electron chi connectivity index (χ3n) is 21.1. The van der Waals surface area contributed by atoms with Crippen molar-refractivity contribution in [3.05, 3.63) is 156 Å². The van der Waals surface area contributed by atoms with Gasteiger partial charge in [0.15, 0.2) is 23.4 Å². The van der Waals surface area contributed by atoms with Crippen LogP contribution in [0.5, 0.6) is 23.0 Å². The molecule has 1 spiro atoms. The molecule has 4 aliphatic heterocycles. The number of ether oxygens (including phenoxy) is 3. The molecule has 518 valence electrons. The number of rotatable bonds is 16. The summed E-state index contributed by atoms with van der Waals surface area (Å²) in [6, 6.07) is 40.1. The maximum absolute atomic E-state index is 12.7. The number of benzene rings is 6. The summed E-state index contributed by atoms with van der Waals surface area (Å²) in [4.78, 5) is 70.3. The Hall–Kier alpha value is -7.78. The van der Waals surface area contributed by atoms with E-state index in [9.17, 15) is 39.3 Å². The predicted octanol–water partition coefficient (Wildman–Crippen LogP) is 12.4. The van der Waals surface area contributed by atoms with E-state index in [0.717, 1.165) is 109 Å². The summed E-state index contributed by atoms with van der Waals surface area (Å²) in [6.07, 6.45) is 10.7. The van der Waals surface area contributed by atoms with E-state index in [0.29, 0.717) is 37.0 Å². The molecule has 1 unspecified atom stereocenters. The molecule has 4 aliphatic carbocycles. The van der Waals surface area contributed by atoms with E-state index in [-0.39, 0.29) is 29.9 Å². The number of Topliss-reactive ketones (excluding diaryl/α,β-unsaturated/α-hetero) is 1. The Kier molecular flexibility index (Phi) is 22.4. The number of aliphatic hydroxyl groups is 2. The van der Waals surface area contributed by atoms with Gasteiger partial charge in [-0.1, -0.05) is 111 Å². The molecule has 2 bridgehead atoms. The number of fused-ring (bicyclic) bond motifs is 3. The SMILES string of the molecule is C=CCC1(CC(C)C)C(=O)NC(=O)NC1=O.CC(CN1c2ccccc2Sc2ccccc21)N(C)C.COc1ccc2cc([C@H](C)C(=O)O)ccc2c1.COc1cccc([C@@]2(O)CCCC[C@@H]2CN(C)C)c1.O=C1CC[C@@]2(O)[C@H]3Cc4ccc(O)c5c4[C@@]2(CCN3CC2CC2)[C@H]1O5. The Labute approximate surface area is 575 Å². The molecular formula is C78H98N6O12S. The molecule has 18 nitrogen and oxygen atoms in total. The molecule has 19 heteroatoms. The lowest BCUT2D eigenvalue weighted by atomic mass is 9.49. The summed E-state index contributed by atoms with van der Waals surface area (Å²) < 4.78 is 16.5. The van der Waals surface area contributed by atoms with Gasteiger partial charge in [0.2, 0.25) is 11.8 Å². The van der Waals surface area contributed by atoms with Crippen molar-refractivity contribution in [2.45, 2.75) is 155 Å². The first-order valence-corrected chi connectivity index (χ1v) is 35.0. The zero-order chi connectivity index (χ0) is 69.7. The molecule has 0 aromatic heterocycles. The van der Waals surface area contributed by atoms with Crippen molar-refractivity contribution in [1.29, 1.82) is 0 Å². The Bertz CT molecular complexity index is 3810. The molecule has 2 saturated heterocycles. The molecule has 4 amide bonds. The number of para-hydroxylation sites is 2. The first-order chi connectivity index (χ1) is 46.3. The van der Waals surface area contributed by atoms with Gasteiger partial charge in [-0.05, 0) is 200 Å². The van der Waals surface area contributed by atoms with Gasteiger partial charge < -0.3 is 49.3 Å². The lowest BCUT2D eigenvalue weighted by molar-refractivity contribution is -0.188. The molecule has 6 N–H and O–H groups in total. The number of likely N-dealkylation sites (tertiary alicyclic amines) is 1.